The number of carboxylic acids is 1. The van der Waals surface area contributed by atoms with Crippen LogP contribution in [-0.2, 0) is 11.3 Å². The molecule has 2 N–H and O–H groups in total. The van der Waals surface area contributed by atoms with Gasteiger partial charge in [-0.2, -0.15) is 13.2 Å². The van der Waals surface area contributed by atoms with Crippen LogP contribution in [0, 0.1) is 22.0 Å². The van der Waals surface area contributed by atoms with Gasteiger partial charge in [0.15, 0.2) is 0 Å². The molecule has 1 saturated heterocycles. The molecule has 0 saturated carbocycles. The predicted molar refractivity (Wildman–Crippen MR) is 82.6 cm³/mol. The smallest absolute Gasteiger partial charge is 0.394 e. The van der Waals surface area contributed by atoms with Crippen molar-refractivity contribution in [2.75, 3.05) is 13.1 Å². The van der Waals surface area contributed by atoms with E-state index in [0.717, 1.165) is 11.0 Å². The zero-order valence-corrected chi connectivity index (χ0v) is 13.8. The van der Waals surface area contributed by atoms with E-state index in [4.69, 9.17) is 16.7 Å². The third-order valence-corrected chi connectivity index (χ3v) is 4.38. The fraction of sp³-hybridized carbons (Fsp3) is 0.429. The van der Waals surface area contributed by atoms with Gasteiger partial charge in [-0.15, -0.1) is 0 Å². The number of hydrogen-bond acceptors (Lipinski definition) is 4. The number of alkyl halides is 3. The monoisotopic (exact) mass is 395 g/mol. The number of hydrogen-bond donors (Lipinski definition) is 2. The molecule has 1 aliphatic heterocycles. The number of benzene rings is 1. The highest BCUT2D eigenvalue weighted by Gasteiger charge is 2.53. The second-order valence-corrected chi connectivity index (χ2v) is 6.10. The number of halogens is 4. The minimum Gasteiger partial charge on any atom is -0.481 e. The fourth-order valence-electron chi connectivity index (χ4n) is 2.64. The van der Waals surface area contributed by atoms with Gasteiger partial charge in [0, 0.05) is 36.8 Å². The number of carbonyl (C=O) groups is 2. The van der Waals surface area contributed by atoms with Crippen LogP contribution in [-0.4, -0.2) is 46.2 Å². The van der Waals surface area contributed by atoms with Crippen molar-refractivity contribution in [1.29, 1.82) is 0 Å². The average Bonchev–Trinajstić information content (AvgIpc) is 2.99. The molecule has 2 rings (SSSR count). The van der Waals surface area contributed by atoms with Crippen molar-refractivity contribution in [3.8, 4) is 0 Å². The highest BCUT2D eigenvalue weighted by atomic mass is 35.5. The van der Waals surface area contributed by atoms with Crippen molar-refractivity contribution in [1.82, 2.24) is 10.2 Å². The molecule has 2 atom stereocenters. The third kappa shape index (κ3) is 4.34. The lowest BCUT2D eigenvalue weighted by atomic mass is 9.96. The highest BCUT2D eigenvalue weighted by molar-refractivity contribution is 6.31. The molecule has 0 aromatic heterocycles. The van der Waals surface area contributed by atoms with E-state index in [0.29, 0.717) is 0 Å². The van der Waals surface area contributed by atoms with E-state index in [1.807, 2.05) is 0 Å². The highest BCUT2D eigenvalue weighted by Crippen LogP contribution is 2.37. The number of nitrogens with one attached hydrogen (secondary N) is 1. The minimum atomic E-state index is -4.75. The Hall–Kier alpha value is -2.56. The van der Waals surface area contributed by atoms with Crippen LogP contribution < -0.4 is 5.32 Å². The topological polar surface area (TPSA) is 113 Å². The number of carboxylic acid groups (broad SMARTS) is 1. The van der Waals surface area contributed by atoms with E-state index < -0.39 is 48.0 Å². The Morgan fingerprint density at radius 2 is 2.04 bits per heavy atom. The molecular formula is C14H13ClF3N3O5. The Balaban J connectivity index is 2.06. The van der Waals surface area contributed by atoms with Gasteiger partial charge in [0.1, 0.15) is 0 Å². The normalized spacial score (nSPS) is 20.1. The number of amides is 2. The number of aliphatic carboxylic acids is 1. The van der Waals surface area contributed by atoms with Crippen molar-refractivity contribution in [3.05, 3.63) is 38.9 Å². The summed E-state index contributed by atoms with van der Waals surface area (Å²) in [5.41, 5.74) is -0.0570. The molecule has 1 aromatic rings. The fourth-order valence-corrected chi connectivity index (χ4v) is 2.83. The van der Waals surface area contributed by atoms with E-state index >= 15 is 0 Å². The number of nitro benzene ring substituents is 1. The van der Waals surface area contributed by atoms with Crippen molar-refractivity contribution in [3.63, 3.8) is 0 Å². The first-order valence-electron chi connectivity index (χ1n) is 7.25. The van der Waals surface area contributed by atoms with Gasteiger partial charge in [-0.3, -0.25) is 14.9 Å². The molecule has 1 aromatic carbocycles. The van der Waals surface area contributed by atoms with Crippen LogP contribution in [0.5, 0.6) is 0 Å². The molecule has 0 aliphatic carbocycles. The molecule has 1 heterocycles. The maximum absolute atomic E-state index is 12.9. The molecular weight excluding hydrogens is 383 g/mol. The summed E-state index contributed by atoms with van der Waals surface area (Å²) in [5.74, 6) is -5.54. The second kappa shape index (κ2) is 7.36. The summed E-state index contributed by atoms with van der Waals surface area (Å²) in [7, 11) is 0. The summed E-state index contributed by atoms with van der Waals surface area (Å²) in [6, 6.07) is 2.65. The van der Waals surface area contributed by atoms with Gasteiger partial charge in [-0.05, 0) is 11.6 Å². The number of carbonyl (C=O) groups excluding carboxylic acids is 1. The van der Waals surface area contributed by atoms with Gasteiger partial charge in [0.05, 0.1) is 16.8 Å². The number of urea groups is 1. The summed E-state index contributed by atoms with van der Waals surface area (Å²) in [5, 5.41) is 22.1. The molecule has 0 radical (unpaired) electrons. The first kappa shape index (κ1) is 19.8. The number of nitrogens with zero attached hydrogens (tertiary/aromatic N) is 2. The van der Waals surface area contributed by atoms with Crippen LogP contribution in [0.25, 0.3) is 0 Å². The first-order chi connectivity index (χ1) is 12.0. The van der Waals surface area contributed by atoms with E-state index in [1.165, 1.54) is 12.1 Å². The number of rotatable bonds is 4. The van der Waals surface area contributed by atoms with Gasteiger partial charge in [-0.25, -0.2) is 4.79 Å². The molecule has 1 fully saturated rings. The van der Waals surface area contributed by atoms with E-state index in [9.17, 15) is 32.9 Å². The molecule has 142 valence electrons. The molecule has 0 bridgehead atoms. The number of non-ortho nitro benzene ring substituents is 1. The number of likely N-dealkylation sites (tertiary alicyclic amines) is 1. The minimum absolute atomic E-state index is 0.133. The maximum Gasteiger partial charge on any atom is 0.394 e. The van der Waals surface area contributed by atoms with Crippen LogP contribution in [0.1, 0.15) is 5.56 Å². The van der Waals surface area contributed by atoms with Crippen LogP contribution in [0.2, 0.25) is 5.02 Å². The maximum atomic E-state index is 12.9. The van der Waals surface area contributed by atoms with Crippen LogP contribution in [0.4, 0.5) is 23.7 Å². The Labute approximate surface area is 149 Å². The Kier molecular flexibility index (Phi) is 5.59. The second-order valence-electron chi connectivity index (χ2n) is 5.69. The Morgan fingerprint density at radius 1 is 1.38 bits per heavy atom. The third-order valence-electron chi connectivity index (χ3n) is 4.01. The summed E-state index contributed by atoms with van der Waals surface area (Å²) in [6.45, 7) is -1.63. The first-order valence-corrected chi connectivity index (χ1v) is 7.63. The molecule has 0 spiro atoms. The van der Waals surface area contributed by atoms with E-state index in [-0.39, 0.29) is 22.8 Å². The SMILES string of the molecule is O=C(O)[C@@H]1CN(C(=O)NCc2cc([N+](=O)[O-])ccc2Cl)C[C@H]1C(F)(F)F. The van der Waals surface area contributed by atoms with Crippen LogP contribution in [0.3, 0.4) is 0 Å². The zero-order chi connectivity index (χ0) is 19.6. The van der Waals surface area contributed by atoms with Gasteiger partial charge in [0.25, 0.3) is 5.69 Å². The van der Waals surface area contributed by atoms with E-state index in [1.54, 1.807) is 0 Å². The largest absolute Gasteiger partial charge is 0.481 e. The lowest BCUT2D eigenvalue weighted by molar-refractivity contribution is -0.384. The van der Waals surface area contributed by atoms with Crippen molar-refractivity contribution in [2.24, 2.45) is 11.8 Å². The molecule has 12 heteroatoms. The van der Waals surface area contributed by atoms with Crippen molar-refractivity contribution >= 4 is 29.3 Å². The molecule has 2 amide bonds. The quantitative estimate of drug-likeness (QED) is 0.601. The predicted octanol–water partition coefficient (Wildman–Crippen LogP) is 2.65. The number of nitro groups is 1. The molecule has 8 nitrogen and oxygen atoms in total. The zero-order valence-electron chi connectivity index (χ0n) is 13.0. The lowest BCUT2D eigenvalue weighted by Gasteiger charge is -2.19. The summed E-state index contributed by atoms with van der Waals surface area (Å²) < 4.78 is 38.8. The Bertz CT molecular complexity index is 743. The van der Waals surface area contributed by atoms with Gasteiger partial charge < -0.3 is 15.3 Å². The summed E-state index contributed by atoms with van der Waals surface area (Å²) in [6.07, 6.45) is -4.75. The summed E-state index contributed by atoms with van der Waals surface area (Å²) >= 11 is 5.88. The van der Waals surface area contributed by atoms with E-state index in [2.05, 4.69) is 5.32 Å². The van der Waals surface area contributed by atoms with Crippen molar-refractivity contribution < 1.29 is 32.8 Å². The molecule has 0 unspecified atom stereocenters. The lowest BCUT2D eigenvalue weighted by Crippen LogP contribution is -2.39. The van der Waals surface area contributed by atoms with Gasteiger partial charge in [0.2, 0.25) is 0 Å². The molecule has 26 heavy (non-hydrogen) atoms. The van der Waals surface area contributed by atoms with Gasteiger partial charge >= 0.3 is 18.2 Å². The Morgan fingerprint density at radius 3 is 2.54 bits per heavy atom. The average molecular weight is 396 g/mol. The van der Waals surface area contributed by atoms with Crippen LogP contribution >= 0.6 is 11.6 Å². The van der Waals surface area contributed by atoms with Crippen molar-refractivity contribution in [2.45, 2.75) is 12.7 Å². The standard InChI is InChI=1S/C14H13ClF3N3O5/c15-11-2-1-8(21(25)26)3-7(11)4-19-13(24)20-5-9(12(22)23)10(6-20)14(16,17)18/h1-3,9-10H,4-6H2,(H,19,24)(H,22,23)/t9-,10-/m1/s1. The summed E-state index contributed by atoms with van der Waals surface area (Å²) in [4.78, 5) is 33.9. The van der Waals surface area contributed by atoms with Gasteiger partial charge in [-0.1, -0.05) is 11.6 Å². The molecule has 1 aliphatic rings. The van der Waals surface area contributed by atoms with Crippen LogP contribution in [0.15, 0.2) is 18.2 Å².